The lowest BCUT2D eigenvalue weighted by Gasteiger charge is -2.10. The van der Waals surface area contributed by atoms with Crippen LogP contribution in [0.1, 0.15) is 15.9 Å². The molecule has 2 aromatic carbocycles. The maximum atomic E-state index is 12.8. The van der Waals surface area contributed by atoms with Crippen LogP contribution in [0.3, 0.4) is 0 Å². The number of rotatable bonds is 3. The quantitative estimate of drug-likeness (QED) is 0.433. The first kappa shape index (κ1) is 17.9. The number of nitrogen functional groups attached to an aromatic ring is 1. The summed E-state index contributed by atoms with van der Waals surface area (Å²) in [6.07, 6.45) is 1.40. The number of ketones is 1. The number of benzene rings is 2. The fourth-order valence-electron chi connectivity index (χ4n) is 2.82. The van der Waals surface area contributed by atoms with E-state index in [4.69, 9.17) is 5.73 Å². The van der Waals surface area contributed by atoms with E-state index >= 15 is 0 Å². The first-order valence-corrected chi connectivity index (χ1v) is 8.06. The van der Waals surface area contributed by atoms with Crippen LogP contribution in [-0.2, 0) is 14.1 Å². The predicted molar refractivity (Wildman–Crippen MR) is 103 cm³/mol. The summed E-state index contributed by atoms with van der Waals surface area (Å²) < 4.78 is 1.79. The largest absolute Gasteiger partial charge is 0.384 e. The summed E-state index contributed by atoms with van der Waals surface area (Å²) in [5.41, 5.74) is 4.33. The Hall–Kier alpha value is -3.92. The molecule has 0 aliphatic rings. The van der Waals surface area contributed by atoms with Crippen LogP contribution in [0.5, 0.6) is 0 Å². The van der Waals surface area contributed by atoms with Crippen LogP contribution in [0.15, 0.2) is 57.6 Å². The summed E-state index contributed by atoms with van der Waals surface area (Å²) in [4.78, 5) is 37.1. The van der Waals surface area contributed by atoms with Crippen LogP contribution in [0.4, 0.5) is 5.82 Å². The summed E-state index contributed by atoms with van der Waals surface area (Å²) >= 11 is 0. The Kier molecular flexibility index (Phi) is 4.48. The van der Waals surface area contributed by atoms with E-state index in [-0.39, 0.29) is 11.4 Å². The van der Waals surface area contributed by atoms with Crippen LogP contribution in [-0.4, -0.2) is 14.9 Å². The minimum atomic E-state index is -0.833. The number of allylic oxidation sites excluding steroid dienone is 1. The van der Waals surface area contributed by atoms with Crippen molar-refractivity contribution in [2.24, 2.45) is 14.1 Å². The fraction of sp³-hybridized carbons (Fsp3) is 0.100. The molecule has 7 nitrogen and oxygen atoms in total. The molecule has 0 atom stereocenters. The predicted octanol–water partition coefficient (Wildman–Crippen LogP) is 1.61. The molecule has 0 unspecified atom stereocenters. The van der Waals surface area contributed by atoms with Crippen molar-refractivity contribution in [3.05, 3.63) is 80.0 Å². The van der Waals surface area contributed by atoms with Crippen LogP contribution in [0.25, 0.3) is 16.8 Å². The molecule has 27 heavy (non-hydrogen) atoms. The molecule has 7 heteroatoms. The number of hydrogen-bond donors (Lipinski definition) is 1. The monoisotopic (exact) mass is 360 g/mol. The van der Waals surface area contributed by atoms with E-state index in [1.165, 1.54) is 20.2 Å². The topological polar surface area (TPSA) is 111 Å². The SMILES string of the molecule is Cn1c(N)c(C(=O)/C(C#N)=C/c2ccc3ccccc3c2)c(=O)n(C)c1=O. The second-order valence-electron chi connectivity index (χ2n) is 6.07. The van der Waals surface area contributed by atoms with Crippen LogP contribution in [0, 0.1) is 11.3 Å². The number of carbonyl (C=O) groups is 1. The highest BCUT2D eigenvalue weighted by Gasteiger charge is 2.23. The summed E-state index contributed by atoms with van der Waals surface area (Å²) in [6, 6.07) is 15.0. The molecule has 0 radical (unpaired) electrons. The van der Waals surface area contributed by atoms with Gasteiger partial charge in [0.15, 0.2) is 0 Å². The van der Waals surface area contributed by atoms with Crippen LogP contribution < -0.4 is 17.0 Å². The molecule has 1 aromatic heterocycles. The molecule has 134 valence electrons. The van der Waals surface area contributed by atoms with Crippen molar-refractivity contribution in [1.82, 2.24) is 9.13 Å². The van der Waals surface area contributed by atoms with Gasteiger partial charge in [-0.25, -0.2) is 4.79 Å². The van der Waals surface area contributed by atoms with Gasteiger partial charge in [0.1, 0.15) is 23.0 Å². The Morgan fingerprint density at radius 2 is 1.74 bits per heavy atom. The molecule has 2 N–H and O–H groups in total. The number of anilines is 1. The van der Waals surface area contributed by atoms with Crippen molar-refractivity contribution in [2.75, 3.05) is 5.73 Å². The average Bonchev–Trinajstić information content (AvgIpc) is 2.68. The lowest BCUT2D eigenvalue weighted by Crippen LogP contribution is -2.41. The molecule has 0 saturated carbocycles. The second-order valence-corrected chi connectivity index (χ2v) is 6.07. The number of nitrogens with zero attached hydrogens (tertiary/aromatic N) is 3. The molecule has 1 heterocycles. The van der Waals surface area contributed by atoms with Gasteiger partial charge >= 0.3 is 5.69 Å². The smallest absolute Gasteiger partial charge is 0.332 e. The minimum Gasteiger partial charge on any atom is -0.384 e. The number of nitrogens with two attached hydrogens (primary N) is 1. The minimum absolute atomic E-state index is 0.243. The highest BCUT2D eigenvalue weighted by molar-refractivity contribution is 6.16. The Labute approximate surface area is 154 Å². The number of nitriles is 1. The number of carbonyl (C=O) groups excluding carboxylic acids is 1. The summed E-state index contributed by atoms with van der Waals surface area (Å²) in [7, 11) is 2.60. The first-order valence-electron chi connectivity index (χ1n) is 8.06. The Balaban J connectivity index is 2.15. The van der Waals surface area contributed by atoms with Gasteiger partial charge in [-0.05, 0) is 28.5 Å². The molecule has 0 aliphatic heterocycles. The molecule has 0 aliphatic carbocycles. The zero-order chi connectivity index (χ0) is 19.7. The second kappa shape index (κ2) is 6.77. The summed E-state index contributed by atoms with van der Waals surface area (Å²) in [6.45, 7) is 0. The normalized spacial score (nSPS) is 11.4. The van der Waals surface area contributed by atoms with Crippen LogP contribution >= 0.6 is 0 Å². The molecular weight excluding hydrogens is 344 g/mol. The van der Waals surface area contributed by atoms with E-state index in [0.717, 1.165) is 19.9 Å². The van der Waals surface area contributed by atoms with Crippen molar-refractivity contribution < 1.29 is 4.79 Å². The van der Waals surface area contributed by atoms with E-state index in [0.29, 0.717) is 5.56 Å². The van der Waals surface area contributed by atoms with Gasteiger partial charge in [-0.1, -0.05) is 36.4 Å². The Morgan fingerprint density at radius 3 is 2.41 bits per heavy atom. The molecular formula is C20H16N4O3. The third-order valence-electron chi connectivity index (χ3n) is 4.39. The first-order chi connectivity index (χ1) is 12.8. The van der Waals surface area contributed by atoms with E-state index in [1.54, 1.807) is 6.07 Å². The fourth-order valence-corrected chi connectivity index (χ4v) is 2.82. The number of aromatic nitrogens is 2. The lowest BCUT2D eigenvalue weighted by atomic mass is 10.0. The van der Waals surface area contributed by atoms with Crippen molar-refractivity contribution in [2.45, 2.75) is 0 Å². The Bertz CT molecular complexity index is 1270. The molecule has 0 spiro atoms. The molecule has 3 rings (SSSR count). The van der Waals surface area contributed by atoms with Gasteiger partial charge in [0.25, 0.3) is 5.56 Å². The van der Waals surface area contributed by atoms with Crippen molar-refractivity contribution >= 4 is 28.4 Å². The zero-order valence-corrected chi connectivity index (χ0v) is 14.8. The van der Waals surface area contributed by atoms with Crippen molar-refractivity contribution in [1.29, 1.82) is 5.26 Å². The number of Topliss-reactive ketones (excluding diaryl/α,β-unsaturated/α-hetero) is 1. The van der Waals surface area contributed by atoms with E-state index in [2.05, 4.69) is 0 Å². The molecule has 0 amide bonds. The van der Waals surface area contributed by atoms with Gasteiger partial charge in [-0.2, -0.15) is 5.26 Å². The lowest BCUT2D eigenvalue weighted by molar-refractivity contribution is 0.103. The molecule has 3 aromatic rings. The number of fused-ring (bicyclic) bond motifs is 1. The van der Waals surface area contributed by atoms with Gasteiger partial charge in [0, 0.05) is 14.1 Å². The highest BCUT2D eigenvalue weighted by atomic mass is 16.2. The maximum Gasteiger partial charge on any atom is 0.332 e. The third kappa shape index (κ3) is 3.04. The van der Waals surface area contributed by atoms with Crippen molar-refractivity contribution in [3.63, 3.8) is 0 Å². The van der Waals surface area contributed by atoms with E-state index < -0.39 is 22.6 Å². The molecule has 0 fully saturated rings. The standard InChI is InChI=1S/C20H16N4O3/c1-23-18(22)16(19(26)24(2)20(23)27)17(25)15(11-21)10-12-7-8-13-5-3-4-6-14(13)9-12/h3-10H,22H2,1-2H3/b15-10+. The van der Waals surface area contributed by atoms with Gasteiger partial charge < -0.3 is 5.73 Å². The molecule has 0 saturated heterocycles. The Morgan fingerprint density at radius 1 is 1.07 bits per heavy atom. The van der Waals surface area contributed by atoms with E-state index in [1.807, 2.05) is 42.5 Å². The average molecular weight is 360 g/mol. The van der Waals surface area contributed by atoms with Gasteiger partial charge in [0.05, 0.1) is 0 Å². The maximum absolute atomic E-state index is 12.8. The third-order valence-corrected chi connectivity index (χ3v) is 4.39. The van der Waals surface area contributed by atoms with Gasteiger partial charge in [-0.3, -0.25) is 18.7 Å². The summed E-state index contributed by atoms with van der Waals surface area (Å²) in [5, 5.41) is 11.4. The van der Waals surface area contributed by atoms with Crippen molar-refractivity contribution in [3.8, 4) is 6.07 Å². The number of hydrogen-bond acceptors (Lipinski definition) is 5. The van der Waals surface area contributed by atoms with Gasteiger partial charge in [-0.15, -0.1) is 0 Å². The highest BCUT2D eigenvalue weighted by Crippen LogP contribution is 2.19. The van der Waals surface area contributed by atoms with E-state index in [9.17, 15) is 19.6 Å². The summed E-state index contributed by atoms with van der Waals surface area (Å²) in [5.74, 6) is -1.09. The zero-order valence-electron chi connectivity index (χ0n) is 14.8. The molecule has 0 bridgehead atoms. The van der Waals surface area contributed by atoms with Crippen LogP contribution in [0.2, 0.25) is 0 Å². The van der Waals surface area contributed by atoms with Gasteiger partial charge in [0.2, 0.25) is 5.78 Å².